The minimum Gasteiger partial charge on any atom is -0.465 e. The summed E-state index contributed by atoms with van der Waals surface area (Å²) in [6.07, 6.45) is 1.08. The predicted octanol–water partition coefficient (Wildman–Crippen LogP) is 2.37. The second-order valence-corrected chi connectivity index (χ2v) is 5.16. The summed E-state index contributed by atoms with van der Waals surface area (Å²) in [6, 6.07) is 4.84. The fourth-order valence-corrected chi connectivity index (χ4v) is 3.10. The fraction of sp³-hybridized carbons (Fsp3) is 0.500. The number of carboxylic acid groups (broad SMARTS) is 1. The zero-order valence-electron chi connectivity index (χ0n) is 10.6. The maximum Gasteiger partial charge on any atom is 0.407 e. The third-order valence-electron chi connectivity index (χ3n) is 4.15. The lowest BCUT2D eigenvalue weighted by molar-refractivity contribution is -0.0945. The molecule has 2 aliphatic heterocycles. The van der Waals surface area contributed by atoms with Crippen molar-refractivity contribution in [2.45, 2.75) is 24.9 Å². The van der Waals surface area contributed by atoms with Gasteiger partial charge in [-0.3, -0.25) is 0 Å². The summed E-state index contributed by atoms with van der Waals surface area (Å²) in [4.78, 5) is 12.3. The van der Waals surface area contributed by atoms with Crippen LogP contribution in [-0.2, 0) is 16.8 Å². The quantitative estimate of drug-likeness (QED) is 0.783. The molecular weight excluding hydrogens is 249 g/mol. The highest BCUT2D eigenvalue weighted by atomic mass is 19.1. The third-order valence-corrected chi connectivity index (χ3v) is 4.15. The van der Waals surface area contributed by atoms with Gasteiger partial charge in [-0.2, -0.15) is 0 Å². The standard InChI is InChI=1S/C14H16FNO3/c15-11-2-1-10-3-8-19-14(12(10)9-11)4-6-16(7-5-14)13(17)18/h1-2,9H,3-8H2,(H,17,18). The zero-order valence-corrected chi connectivity index (χ0v) is 10.6. The first kappa shape index (κ1) is 12.4. The van der Waals surface area contributed by atoms with E-state index in [9.17, 15) is 9.18 Å². The summed E-state index contributed by atoms with van der Waals surface area (Å²) in [5.41, 5.74) is 1.53. The number of carbonyl (C=O) groups is 1. The van der Waals surface area contributed by atoms with E-state index in [4.69, 9.17) is 9.84 Å². The van der Waals surface area contributed by atoms with Gasteiger partial charge in [0, 0.05) is 13.1 Å². The van der Waals surface area contributed by atoms with Crippen LogP contribution in [0.15, 0.2) is 18.2 Å². The largest absolute Gasteiger partial charge is 0.465 e. The summed E-state index contributed by atoms with van der Waals surface area (Å²) >= 11 is 0. The lowest BCUT2D eigenvalue weighted by Crippen LogP contribution is -2.48. The van der Waals surface area contributed by atoms with Gasteiger partial charge in [-0.1, -0.05) is 6.07 Å². The van der Waals surface area contributed by atoms with E-state index in [1.807, 2.05) is 6.07 Å². The van der Waals surface area contributed by atoms with Gasteiger partial charge in [0.2, 0.25) is 0 Å². The molecule has 0 atom stereocenters. The van der Waals surface area contributed by atoms with Crippen molar-refractivity contribution in [1.29, 1.82) is 0 Å². The van der Waals surface area contributed by atoms with Crippen LogP contribution in [0.2, 0.25) is 0 Å². The van der Waals surface area contributed by atoms with Crippen molar-refractivity contribution in [1.82, 2.24) is 4.90 Å². The Morgan fingerprint density at radius 1 is 1.37 bits per heavy atom. The van der Waals surface area contributed by atoms with Crippen molar-refractivity contribution in [2.75, 3.05) is 19.7 Å². The average Bonchev–Trinajstić information content (AvgIpc) is 2.40. The first-order valence-corrected chi connectivity index (χ1v) is 6.51. The van der Waals surface area contributed by atoms with Crippen LogP contribution in [0.3, 0.4) is 0 Å². The van der Waals surface area contributed by atoms with E-state index in [1.165, 1.54) is 11.0 Å². The van der Waals surface area contributed by atoms with Crippen molar-refractivity contribution in [3.05, 3.63) is 35.1 Å². The SMILES string of the molecule is O=C(O)N1CCC2(CC1)OCCc1ccc(F)cc12. The van der Waals surface area contributed by atoms with Crippen molar-refractivity contribution >= 4 is 6.09 Å². The molecule has 0 saturated carbocycles. The molecule has 2 heterocycles. The number of ether oxygens (including phenoxy) is 1. The normalized spacial score (nSPS) is 21.2. The molecule has 1 aromatic carbocycles. The lowest BCUT2D eigenvalue weighted by atomic mass is 9.79. The maximum atomic E-state index is 13.5. The highest BCUT2D eigenvalue weighted by Crippen LogP contribution is 2.41. The van der Waals surface area contributed by atoms with E-state index in [0.29, 0.717) is 32.5 Å². The van der Waals surface area contributed by atoms with Gasteiger partial charge >= 0.3 is 6.09 Å². The van der Waals surface area contributed by atoms with Crippen LogP contribution in [-0.4, -0.2) is 35.8 Å². The van der Waals surface area contributed by atoms with Crippen molar-refractivity contribution in [3.8, 4) is 0 Å². The van der Waals surface area contributed by atoms with Gasteiger partial charge in [-0.05, 0) is 42.5 Å². The van der Waals surface area contributed by atoms with Crippen molar-refractivity contribution < 1.29 is 19.0 Å². The third kappa shape index (κ3) is 2.08. The second kappa shape index (κ2) is 4.49. The Labute approximate surface area is 110 Å². The number of hydrogen-bond donors (Lipinski definition) is 1. The highest BCUT2D eigenvalue weighted by molar-refractivity contribution is 5.65. The minimum absolute atomic E-state index is 0.260. The molecule has 102 valence electrons. The predicted molar refractivity (Wildman–Crippen MR) is 66.6 cm³/mol. The van der Waals surface area contributed by atoms with Gasteiger partial charge in [-0.25, -0.2) is 9.18 Å². The fourth-order valence-electron chi connectivity index (χ4n) is 3.10. The van der Waals surface area contributed by atoms with Gasteiger partial charge < -0.3 is 14.7 Å². The number of hydrogen-bond acceptors (Lipinski definition) is 2. The Hall–Kier alpha value is -1.62. The smallest absolute Gasteiger partial charge is 0.407 e. The first-order chi connectivity index (χ1) is 9.11. The molecule has 5 heteroatoms. The molecule has 1 amide bonds. The molecule has 0 aromatic heterocycles. The lowest BCUT2D eigenvalue weighted by Gasteiger charge is -2.44. The molecule has 0 aliphatic carbocycles. The minimum atomic E-state index is -0.898. The van der Waals surface area contributed by atoms with Crippen LogP contribution < -0.4 is 0 Å². The van der Waals surface area contributed by atoms with Gasteiger partial charge in [0.25, 0.3) is 0 Å². The topological polar surface area (TPSA) is 49.8 Å². The van der Waals surface area contributed by atoms with Crippen LogP contribution in [0.5, 0.6) is 0 Å². The Bertz CT molecular complexity index is 509. The number of benzene rings is 1. The van der Waals surface area contributed by atoms with E-state index in [0.717, 1.165) is 17.5 Å². The molecule has 1 saturated heterocycles. The molecule has 0 unspecified atom stereocenters. The van der Waals surface area contributed by atoms with E-state index in [-0.39, 0.29) is 5.82 Å². The van der Waals surface area contributed by atoms with Crippen molar-refractivity contribution in [3.63, 3.8) is 0 Å². The Kier molecular flexibility index (Phi) is 2.93. The summed E-state index contributed by atoms with van der Waals surface area (Å²) in [5.74, 6) is -0.260. The molecule has 0 radical (unpaired) electrons. The number of amides is 1. The first-order valence-electron chi connectivity index (χ1n) is 6.51. The summed E-state index contributed by atoms with van der Waals surface area (Å²) in [6.45, 7) is 1.49. The van der Waals surface area contributed by atoms with Crippen LogP contribution in [0.1, 0.15) is 24.0 Å². The number of fused-ring (bicyclic) bond motifs is 2. The molecule has 1 spiro atoms. The van der Waals surface area contributed by atoms with Gasteiger partial charge in [-0.15, -0.1) is 0 Å². The molecule has 1 aromatic rings. The van der Waals surface area contributed by atoms with Gasteiger partial charge in [0.15, 0.2) is 0 Å². The molecule has 19 heavy (non-hydrogen) atoms. The number of piperidine rings is 1. The van der Waals surface area contributed by atoms with Crippen molar-refractivity contribution in [2.24, 2.45) is 0 Å². The molecule has 0 bridgehead atoms. The van der Waals surface area contributed by atoms with E-state index >= 15 is 0 Å². The van der Waals surface area contributed by atoms with Crippen LogP contribution >= 0.6 is 0 Å². The van der Waals surface area contributed by atoms with Crippen LogP contribution in [0.4, 0.5) is 9.18 Å². The maximum absolute atomic E-state index is 13.5. The molecular formula is C14H16FNO3. The number of nitrogens with zero attached hydrogens (tertiary/aromatic N) is 1. The Balaban J connectivity index is 1.91. The molecule has 1 fully saturated rings. The van der Waals surface area contributed by atoms with E-state index < -0.39 is 11.7 Å². The van der Waals surface area contributed by atoms with E-state index in [1.54, 1.807) is 6.07 Å². The highest BCUT2D eigenvalue weighted by Gasteiger charge is 2.41. The second-order valence-electron chi connectivity index (χ2n) is 5.16. The number of halogens is 1. The molecule has 1 N–H and O–H groups in total. The van der Waals surface area contributed by atoms with E-state index in [2.05, 4.69) is 0 Å². The molecule has 4 nitrogen and oxygen atoms in total. The van der Waals surface area contributed by atoms with Crippen LogP contribution in [0, 0.1) is 5.82 Å². The Morgan fingerprint density at radius 2 is 2.11 bits per heavy atom. The van der Waals surface area contributed by atoms with Gasteiger partial charge in [0.05, 0.1) is 12.2 Å². The van der Waals surface area contributed by atoms with Gasteiger partial charge in [0.1, 0.15) is 5.82 Å². The van der Waals surface area contributed by atoms with Crippen LogP contribution in [0.25, 0.3) is 0 Å². The summed E-state index contributed by atoms with van der Waals surface area (Å²) < 4.78 is 19.4. The number of rotatable bonds is 0. The number of likely N-dealkylation sites (tertiary alicyclic amines) is 1. The monoisotopic (exact) mass is 265 g/mol. The molecule has 2 aliphatic rings. The average molecular weight is 265 g/mol. The molecule has 3 rings (SSSR count). The zero-order chi connectivity index (χ0) is 13.5. The summed E-state index contributed by atoms with van der Waals surface area (Å²) in [7, 11) is 0. The summed E-state index contributed by atoms with van der Waals surface area (Å²) in [5, 5.41) is 8.99. The Morgan fingerprint density at radius 3 is 2.79 bits per heavy atom.